The quantitative estimate of drug-likeness (QED) is 0.810. The lowest BCUT2D eigenvalue weighted by molar-refractivity contribution is -0.136. The van der Waals surface area contributed by atoms with E-state index < -0.39 is 12.1 Å². The van der Waals surface area contributed by atoms with Gasteiger partial charge in [0, 0.05) is 19.2 Å². The molecule has 0 aromatic heterocycles. The average Bonchev–Trinajstić information content (AvgIpc) is 2.27. The second-order valence-electron chi connectivity index (χ2n) is 4.26. The first-order valence-corrected chi connectivity index (χ1v) is 5.65. The number of nitrogens with zero attached hydrogens (tertiary/aromatic N) is 1. The summed E-state index contributed by atoms with van der Waals surface area (Å²) in [7, 11) is 1.58. The van der Waals surface area contributed by atoms with E-state index in [1.54, 1.807) is 38.2 Å². The number of carbonyl (C=O) groups is 2. The van der Waals surface area contributed by atoms with Gasteiger partial charge in [-0.3, -0.25) is 9.59 Å². The zero-order valence-corrected chi connectivity index (χ0v) is 10.5. The Balaban J connectivity index is 2.94. The molecule has 1 aromatic carbocycles. The number of aliphatic hydroxyl groups is 1. The molecule has 0 bridgehead atoms. The van der Waals surface area contributed by atoms with Gasteiger partial charge in [0.2, 0.25) is 0 Å². The highest BCUT2D eigenvalue weighted by molar-refractivity contribution is 5.96. The SMILES string of the molecule is CC(O)CN(C)C(=O)c1ccccc1CC(=O)O. The number of hydrogen-bond acceptors (Lipinski definition) is 3. The summed E-state index contributed by atoms with van der Waals surface area (Å²) in [6.07, 6.45) is -0.810. The highest BCUT2D eigenvalue weighted by Gasteiger charge is 2.17. The Labute approximate surface area is 106 Å². The molecule has 2 N–H and O–H groups in total. The summed E-state index contributed by atoms with van der Waals surface area (Å²) in [6, 6.07) is 6.61. The van der Waals surface area contributed by atoms with Crippen molar-refractivity contribution in [3.8, 4) is 0 Å². The number of rotatable bonds is 5. The van der Waals surface area contributed by atoms with E-state index in [1.807, 2.05) is 0 Å². The second kappa shape index (κ2) is 6.16. The summed E-state index contributed by atoms with van der Waals surface area (Å²) in [5.74, 6) is -1.26. The molecule has 1 aromatic rings. The number of carbonyl (C=O) groups excluding carboxylic acids is 1. The standard InChI is InChI=1S/C13H17NO4/c1-9(15)8-14(2)13(18)11-6-4-3-5-10(11)7-12(16)17/h3-6,9,15H,7-8H2,1-2H3,(H,16,17). The number of hydrogen-bond donors (Lipinski definition) is 2. The zero-order valence-electron chi connectivity index (χ0n) is 10.5. The van der Waals surface area contributed by atoms with Crippen molar-refractivity contribution in [2.45, 2.75) is 19.4 Å². The first-order chi connectivity index (χ1) is 8.41. The molecule has 1 amide bonds. The molecule has 0 fully saturated rings. The third-order valence-corrected chi connectivity index (χ3v) is 2.47. The van der Waals surface area contributed by atoms with Crippen molar-refractivity contribution >= 4 is 11.9 Å². The van der Waals surface area contributed by atoms with Gasteiger partial charge in [0.05, 0.1) is 12.5 Å². The molecule has 0 spiro atoms. The van der Waals surface area contributed by atoms with Crippen LogP contribution < -0.4 is 0 Å². The van der Waals surface area contributed by atoms with Crippen molar-refractivity contribution in [1.29, 1.82) is 0 Å². The lowest BCUT2D eigenvalue weighted by atomic mass is 10.0. The van der Waals surface area contributed by atoms with E-state index in [0.717, 1.165) is 0 Å². The minimum Gasteiger partial charge on any atom is -0.481 e. The van der Waals surface area contributed by atoms with Gasteiger partial charge in [-0.15, -0.1) is 0 Å². The summed E-state index contributed by atoms with van der Waals surface area (Å²) in [5.41, 5.74) is 0.843. The van der Waals surface area contributed by atoms with Gasteiger partial charge >= 0.3 is 5.97 Å². The maximum Gasteiger partial charge on any atom is 0.307 e. The molecular formula is C13H17NO4. The van der Waals surface area contributed by atoms with E-state index in [1.165, 1.54) is 4.90 Å². The van der Waals surface area contributed by atoms with Gasteiger partial charge in [0.1, 0.15) is 0 Å². The van der Waals surface area contributed by atoms with Crippen molar-refractivity contribution in [1.82, 2.24) is 4.90 Å². The van der Waals surface area contributed by atoms with E-state index in [9.17, 15) is 14.7 Å². The number of carboxylic acids is 1. The fourth-order valence-electron chi connectivity index (χ4n) is 1.73. The lowest BCUT2D eigenvalue weighted by Crippen LogP contribution is -2.33. The minimum atomic E-state index is -0.978. The van der Waals surface area contributed by atoms with Crippen LogP contribution in [0.3, 0.4) is 0 Å². The second-order valence-corrected chi connectivity index (χ2v) is 4.26. The van der Waals surface area contributed by atoms with Gasteiger partial charge in [0.15, 0.2) is 0 Å². The molecule has 1 atom stereocenters. The molecule has 0 aliphatic heterocycles. The van der Waals surface area contributed by atoms with Gasteiger partial charge < -0.3 is 15.1 Å². The van der Waals surface area contributed by atoms with Crippen LogP contribution in [0.2, 0.25) is 0 Å². The number of benzene rings is 1. The Morgan fingerprint density at radius 2 is 1.94 bits per heavy atom. The number of aliphatic carboxylic acids is 1. The fourth-order valence-corrected chi connectivity index (χ4v) is 1.73. The molecule has 0 saturated heterocycles. The molecular weight excluding hydrogens is 234 g/mol. The highest BCUT2D eigenvalue weighted by Crippen LogP contribution is 2.12. The molecule has 0 heterocycles. The zero-order chi connectivity index (χ0) is 13.7. The van der Waals surface area contributed by atoms with Crippen LogP contribution in [0.1, 0.15) is 22.8 Å². The van der Waals surface area contributed by atoms with Crippen LogP contribution in [0.25, 0.3) is 0 Å². The van der Waals surface area contributed by atoms with Crippen LogP contribution in [-0.2, 0) is 11.2 Å². The van der Waals surface area contributed by atoms with Crippen LogP contribution in [0.5, 0.6) is 0 Å². The first kappa shape index (κ1) is 14.2. The molecule has 0 saturated carbocycles. The molecule has 18 heavy (non-hydrogen) atoms. The van der Waals surface area contributed by atoms with Gasteiger partial charge in [-0.2, -0.15) is 0 Å². The molecule has 0 aliphatic rings. The van der Waals surface area contributed by atoms with E-state index in [-0.39, 0.29) is 18.9 Å². The predicted molar refractivity (Wildman–Crippen MR) is 66.4 cm³/mol. The Hall–Kier alpha value is -1.88. The van der Waals surface area contributed by atoms with Crippen LogP contribution >= 0.6 is 0 Å². The van der Waals surface area contributed by atoms with Gasteiger partial charge in [-0.1, -0.05) is 18.2 Å². The van der Waals surface area contributed by atoms with E-state index in [4.69, 9.17) is 5.11 Å². The number of aliphatic hydroxyl groups excluding tert-OH is 1. The molecule has 98 valence electrons. The van der Waals surface area contributed by atoms with Crippen LogP contribution in [-0.4, -0.2) is 46.7 Å². The monoisotopic (exact) mass is 251 g/mol. The third-order valence-electron chi connectivity index (χ3n) is 2.47. The highest BCUT2D eigenvalue weighted by atomic mass is 16.4. The van der Waals surface area contributed by atoms with E-state index in [2.05, 4.69) is 0 Å². The minimum absolute atomic E-state index is 0.190. The molecule has 0 aliphatic carbocycles. The maximum absolute atomic E-state index is 12.1. The van der Waals surface area contributed by atoms with Gasteiger partial charge in [-0.05, 0) is 18.6 Å². The van der Waals surface area contributed by atoms with Crippen LogP contribution in [0.4, 0.5) is 0 Å². The van der Waals surface area contributed by atoms with E-state index in [0.29, 0.717) is 11.1 Å². The van der Waals surface area contributed by atoms with Gasteiger partial charge in [-0.25, -0.2) is 0 Å². The number of likely N-dealkylation sites (N-methyl/N-ethyl adjacent to an activating group) is 1. The first-order valence-electron chi connectivity index (χ1n) is 5.65. The normalized spacial score (nSPS) is 11.9. The van der Waals surface area contributed by atoms with Gasteiger partial charge in [0.25, 0.3) is 5.91 Å². The van der Waals surface area contributed by atoms with Crippen molar-refractivity contribution in [3.63, 3.8) is 0 Å². The maximum atomic E-state index is 12.1. The largest absolute Gasteiger partial charge is 0.481 e. The molecule has 0 radical (unpaired) electrons. The van der Waals surface area contributed by atoms with Crippen molar-refractivity contribution in [3.05, 3.63) is 35.4 Å². The average molecular weight is 251 g/mol. The Morgan fingerprint density at radius 3 is 2.50 bits per heavy atom. The fraction of sp³-hybridized carbons (Fsp3) is 0.385. The summed E-state index contributed by atoms with van der Waals surface area (Å²) in [5, 5.41) is 18.0. The molecule has 5 nitrogen and oxygen atoms in total. The lowest BCUT2D eigenvalue weighted by Gasteiger charge is -2.20. The summed E-state index contributed by atoms with van der Waals surface area (Å²) < 4.78 is 0. The van der Waals surface area contributed by atoms with Crippen LogP contribution in [0.15, 0.2) is 24.3 Å². The smallest absolute Gasteiger partial charge is 0.307 e. The molecule has 5 heteroatoms. The number of carboxylic acid groups (broad SMARTS) is 1. The Kier molecular flexibility index (Phi) is 4.85. The summed E-state index contributed by atoms with van der Waals surface area (Å²) >= 11 is 0. The van der Waals surface area contributed by atoms with Crippen LogP contribution in [0, 0.1) is 0 Å². The number of amides is 1. The predicted octanol–water partition coefficient (Wildman–Crippen LogP) is 0.766. The van der Waals surface area contributed by atoms with Crippen molar-refractivity contribution < 1.29 is 19.8 Å². The Morgan fingerprint density at radius 1 is 1.33 bits per heavy atom. The third kappa shape index (κ3) is 3.85. The summed E-state index contributed by atoms with van der Waals surface area (Å²) in [4.78, 5) is 24.2. The topological polar surface area (TPSA) is 77.8 Å². The molecule has 1 unspecified atom stereocenters. The van der Waals surface area contributed by atoms with Crippen molar-refractivity contribution in [2.24, 2.45) is 0 Å². The summed E-state index contributed by atoms with van der Waals surface area (Å²) in [6.45, 7) is 1.80. The Bertz CT molecular complexity index is 442. The molecule has 1 rings (SSSR count). The van der Waals surface area contributed by atoms with E-state index >= 15 is 0 Å². The van der Waals surface area contributed by atoms with Crippen molar-refractivity contribution in [2.75, 3.05) is 13.6 Å².